The van der Waals surface area contributed by atoms with Gasteiger partial charge in [-0.3, -0.25) is 9.78 Å². The van der Waals surface area contributed by atoms with E-state index in [1.165, 1.54) is 23.6 Å². The first-order chi connectivity index (χ1) is 16.3. The van der Waals surface area contributed by atoms with Gasteiger partial charge in [0.05, 0.1) is 23.4 Å². The highest BCUT2D eigenvalue weighted by atomic mass is 32.2. The van der Waals surface area contributed by atoms with E-state index < -0.39 is 9.84 Å². The van der Waals surface area contributed by atoms with Crippen LogP contribution >= 0.6 is 11.3 Å². The van der Waals surface area contributed by atoms with Crippen LogP contribution in [0.3, 0.4) is 0 Å². The molecule has 2 N–H and O–H groups in total. The highest BCUT2D eigenvalue weighted by molar-refractivity contribution is 7.91. The first kappa shape index (κ1) is 22.8. The number of anilines is 1. The number of aromatic nitrogens is 4. The fourth-order valence-electron chi connectivity index (χ4n) is 4.34. The van der Waals surface area contributed by atoms with Crippen LogP contribution in [0.4, 0.5) is 10.2 Å². The molecule has 1 atom stereocenters. The number of nitrogens with zero attached hydrogens (tertiary/aromatic N) is 4. The smallest absolute Gasteiger partial charge is 0.263 e. The molecule has 1 aliphatic heterocycles. The Morgan fingerprint density at radius 2 is 2.06 bits per heavy atom. The zero-order valence-corrected chi connectivity index (χ0v) is 19.8. The number of thiazole rings is 1. The lowest BCUT2D eigenvalue weighted by Crippen LogP contribution is -2.42. The minimum absolute atomic E-state index is 0.0292. The fraction of sp³-hybridized carbons (Fsp3) is 0.409. The lowest BCUT2D eigenvalue weighted by molar-refractivity contribution is 0.0945. The Labute approximate surface area is 200 Å². The fourth-order valence-corrected chi connectivity index (χ4v) is 6.80. The molecule has 9 nitrogen and oxygen atoms in total. The maximum absolute atomic E-state index is 14.3. The van der Waals surface area contributed by atoms with Crippen LogP contribution in [-0.2, 0) is 15.3 Å². The molecule has 0 bridgehead atoms. The number of amides is 1. The van der Waals surface area contributed by atoms with E-state index in [-0.39, 0.29) is 34.7 Å². The van der Waals surface area contributed by atoms with Crippen molar-refractivity contribution >= 4 is 32.9 Å². The normalized spacial score (nSPS) is 20.4. The minimum atomic E-state index is -3.07. The SMILES string of the molecule is O=C(NC1CCS(=O)(=O)C1)c1cnc(-c2ccc(NCC3(c4ncccc4F)CCC3)nn2)s1. The summed E-state index contributed by atoms with van der Waals surface area (Å²) in [6.07, 6.45) is 6.23. The van der Waals surface area contributed by atoms with Gasteiger partial charge in [0.1, 0.15) is 27.2 Å². The van der Waals surface area contributed by atoms with E-state index in [0.29, 0.717) is 40.1 Å². The van der Waals surface area contributed by atoms with Crippen LogP contribution in [0.2, 0.25) is 0 Å². The summed E-state index contributed by atoms with van der Waals surface area (Å²) in [7, 11) is -3.07. The average molecular weight is 503 g/mol. The van der Waals surface area contributed by atoms with E-state index >= 15 is 0 Å². The van der Waals surface area contributed by atoms with E-state index in [2.05, 4.69) is 30.8 Å². The van der Waals surface area contributed by atoms with E-state index in [9.17, 15) is 17.6 Å². The van der Waals surface area contributed by atoms with Gasteiger partial charge in [0.15, 0.2) is 9.84 Å². The van der Waals surface area contributed by atoms with Crippen LogP contribution in [0, 0.1) is 5.82 Å². The third kappa shape index (κ3) is 4.64. The van der Waals surface area contributed by atoms with Gasteiger partial charge in [0, 0.05) is 24.2 Å². The number of hydrogen-bond donors (Lipinski definition) is 2. The van der Waals surface area contributed by atoms with Crippen molar-refractivity contribution in [1.82, 2.24) is 25.5 Å². The molecule has 3 aromatic heterocycles. The number of halogens is 1. The number of nitrogens with one attached hydrogen (secondary N) is 2. The minimum Gasteiger partial charge on any atom is -0.368 e. The predicted molar refractivity (Wildman–Crippen MR) is 126 cm³/mol. The zero-order chi connectivity index (χ0) is 23.8. The molecule has 2 fully saturated rings. The Hall–Kier alpha value is -2.99. The van der Waals surface area contributed by atoms with Gasteiger partial charge in [-0.25, -0.2) is 17.8 Å². The molecule has 12 heteroatoms. The highest BCUT2D eigenvalue weighted by Crippen LogP contribution is 2.43. The summed E-state index contributed by atoms with van der Waals surface area (Å²) < 4.78 is 37.5. The van der Waals surface area contributed by atoms with E-state index in [0.717, 1.165) is 19.3 Å². The van der Waals surface area contributed by atoms with Gasteiger partial charge in [-0.15, -0.1) is 21.5 Å². The van der Waals surface area contributed by atoms with Crippen molar-refractivity contribution in [3.63, 3.8) is 0 Å². The van der Waals surface area contributed by atoms with E-state index in [4.69, 9.17) is 0 Å². The summed E-state index contributed by atoms with van der Waals surface area (Å²) in [5, 5.41) is 15.0. The largest absolute Gasteiger partial charge is 0.368 e. The van der Waals surface area contributed by atoms with Crippen molar-refractivity contribution in [2.45, 2.75) is 37.1 Å². The first-order valence-corrected chi connectivity index (χ1v) is 13.6. The predicted octanol–water partition coefficient (Wildman–Crippen LogP) is 2.58. The van der Waals surface area contributed by atoms with Gasteiger partial charge in [-0.05, 0) is 43.5 Å². The van der Waals surface area contributed by atoms with Crippen molar-refractivity contribution in [1.29, 1.82) is 0 Å². The maximum Gasteiger partial charge on any atom is 0.263 e. The van der Waals surface area contributed by atoms with Crippen LogP contribution < -0.4 is 10.6 Å². The summed E-state index contributed by atoms with van der Waals surface area (Å²) in [6.45, 7) is 0.507. The molecule has 0 aromatic carbocycles. The number of carbonyl (C=O) groups is 1. The van der Waals surface area contributed by atoms with Gasteiger partial charge in [0.25, 0.3) is 5.91 Å². The second kappa shape index (κ2) is 8.99. The van der Waals surface area contributed by atoms with Crippen molar-refractivity contribution in [2.24, 2.45) is 0 Å². The van der Waals surface area contributed by atoms with Crippen molar-refractivity contribution in [2.75, 3.05) is 23.4 Å². The molecule has 1 unspecified atom stereocenters. The van der Waals surface area contributed by atoms with Gasteiger partial charge in [0.2, 0.25) is 0 Å². The van der Waals surface area contributed by atoms with Crippen molar-refractivity contribution in [3.05, 3.63) is 53.0 Å². The Morgan fingerprint density at radius 3 is 2.71 bits per heavy atom. The number of rotatable bonds is 7. The van der Waals surface area contributed by atoms with Crippen LogP contribution in [0.5, 0.6) is 0 Å². The summed E-state index contributed by atoms with van der Waals surface area (Å²) >= 11 is 1.17. The molecule has 0 spiro atoms. The lowest BCUT2D eigenvalue weighted by atomic mass is 9.66. The number of carbonyl (C=O) groups excluding carboxylic acids is 1. The molecule has 3 aromatic rings. The van der Waals surface area contributed by atoms with E-state index in [1.54, 1.807) is 24.4 Å². The Bertz CT molecular complexity index is 1310. The highest BCUT2D eigenvalue weighted by Gasteiger charge is 2.41. The molecule has 34 heavy (non-hydrogen) atoms. The summed E-state index contributed by atoms with van der Waals surface area (Å²) in [4.78, 5) is 21.4. The molecule has 1 aliphatic carbocycles. The third-order valence-corrected chi connectivity index (χ3v) is 9.15. The molecule has 1 amide bonds. The monoisotopic (exact) mass is 502 g/mol. The molecule has 2 aliphatic rings. The first-order valence-electron chi connectivity index (χ1n) is 11.0. The Morgan fingerprint density at radius 1 is 1.21 bits per heavy atom. The number of sulfone groups is 1. The second-order valence-corrected chi connectivity index (χ2v) is 12.0. The molecular weight excluding hydrogens is 479 g/mol. The van der Waals surface area contributed by atoms with Crippen LogP contribution in [0.15, 0.2) is 36.7 Å². The van der Waals surface area contributed by atoms with Crippen LogP contribution in [0.1, 0.15) is 41.0 Å². The standard InChI is InChI=1S/C22H23FN6O3S2/c23-15-3-1-9-24-19(15)22(7-2-8-22)13-26-18-5-4-16(28-29-18)21-25-11-17(33-21)20(30)27-14-6-10-34(31,32)12-14/h1,3-5,9,11,14H,2,6-8,10,12-13H2,(H,26,29)(H,27,30). The van der Waals surface area contributed by atoms with Gasteiger partial charge >= 0.3 is 0 Å². The molecule has 1 saturated heterocycles. The topological polar surface area (TPSA) is 127 Å². The number of hydrogen-bond acceptors (Lipinski definition) is 9. The van der Waals surface area contributed by atoms with Crippen LogP contribution in [0.25, 0.3) is 10.7 Å². The van der Waals surface area contributed by atoms with Crippen molar-refractivity contribution in [3.8, 4) is 10.7 Å². The zero-order valence-electron chi connectivity index (χ0n) is 18.2. The summed E-state index contributed by atoms with van der Waals surface area (Å²) in [5.41, 5.74) is 0.663. The quantitative estimate of drug-likeness (QED) is 0.505. The van der Waals surface area contributed by atoms with Crippen LogP contribution in [-0.4, -0.2) is 58.6 Å². The molecule has 4 heterocycles. The summed E-state index contributed by atoms with van der Waals surface area (Å²) in [5.74, 6) is -0.00478. The van der Waals surface area contributed by atoms with Gasteiger partial charge < -0.3 is 10.6 Å². The maximum atomic E-state index is 14.3. The molecule has 1 saturated carbocycles. The molecule has 178 valence electrons. The summed E-state index contributed by atoms with van der Waals surface area (Å²) in [6, 6.07) is 6.19. The lowest BCUT2D eigenvalue weighted by Gasteiger charge is -2.41. The second-order valence-electron chi connectivity index (χ2n) is 8.73. The average Bonchev–Trinajstić information content (AvgIpc) is 3.41. The van der Waals surface area contributed by atoms with Crippen molar-refractivity contribution < 1.29 is 17.6 Å². The number of pyridine rings is 1. The molecular formula is C22H23FN6O3S2. The van der Waals surface area contributed by atoms with Gasteiger partial charge in [-0.2, -0.15) is 0 Å². The van der Waals surface area contributed by atoms with Gasteiger partial charge in [-0.1, -0.05) is 6.42 Å². The molecule has 0 radical (unpaired) electrons. The Kier molecular flexibility index (Phi) is 6.02. The third-order valence-electron chi connectivity index (χ3n) is 6.36. The molecule has 5 rings (SSSR count). The Balaban J connectivity index is 1.21. The van der Waals surface area contributed by atoms with E-state index in [1.807, 2.05) is 0 Å².